The Morgan fingerprint density at radius 2 is 2.06 bits per heavy atom. The molecular formula is C8H16ClNO6. The first kappa shape index (κ1) is 15.6. The summed E-state index contributed by atoms with van der Waals surface area (Å²) in [6.45, 7) is -0.180. The lowest BCUT2D eigenvalue weighted by atomic mass is 9.94. The molecule has 1 aliphatic rings. The quantitative estimate of drug-likeness (QED) is 0.384. The van der Waals surface area contributed by atoms with Crippen LogP contribution in [0.2, 0.25) is 0 Å². The molecule has 0 aromatic heterocycles. The lowest BCUT2D eigenvalue weighted by Crippen LogP contribution is -2.56. The van der Waals surface area contributed by atoms with E-state index < -0.39 is 36.5 Å². The Balaban J connectivity index is 0.00000225. The van der Waals surface area contributed by atoms with E-state index in [4.69, 9.17) is 15.6 Å². The number of hydrogen-bond donors (Lipinski definition) is 5. The molecule has 0 spiro atoms. The second kappa shape index (κ2) is 6.33. The highest BCUT2D eigenvalue weighted by molar-refractivity contribution is 5.85. The van der Waals surface area contributed by atoms with E-state index in [1.807, 2.05) is 0 Å². The number of rotatable bonds is 3. The van der Waals surface area contributed by atoms with Gasteiger partial charge in [0.15, 0.2) is 6.10 Å². The summed E-state index contributed by atoms with van der Waals surface area (Å²) in [6, 6.07) is 0. The summed E-state index contributed by atoms with van der Waals surface area (Å²) < 4.78 is 4.94. The summed E-state index contributed by atoms with van der Waals surface area (Å²) in [4.78, 5) is 10.6. The number of aliphatic carboxylic acids is 1. The summed E-state index contributed by atoms with van der Waals surface area (Å²) in [6.07, 6.45) is -6.35. The third kappa shape index (κ3) is 3.27. The third-order valence-electron chi connectivity index (χ3n) is 2.40. The van der Waals surface area contributed by atoms with Gasteiger partial charge in [0.1, 0.15) is 12.2 Å². The maximum atomic E-state index is 10.6. The van der Waals surface area contributed by atoms with Gasteiger partial charge in [0.05, 0.1) is 12.2 Å². The van der Waals surface area contributed by atoms with Gasteiger partial charge in [-0.2, -0.15) is 0 Å². The average molecular weight is 258 g/mol. The topological polar surface area (TPSA) is 133 Å². The van der Waals surface area contributed by atoms with Crippen LogP contribution in [0.15, 0.2) is 0 Å². The molecule has 96 valence electrons. The first-order valence-corrected chi connectivity index (χ1v) is 4.60. The van der Waals surface area contributed by atoms with Crippen LogP contribution < -0.4 is 5.73 Å². The largest absolute Gasteiger partial charge is 0.479 e. The number of halogens is 1. The molecule has 0 bridgehead atoms. The minimum Gasteiger partial charge on any atom is -0.479 e. The molecule has 16 heavy (non-hydrogen) atoms. The number of carboxylic acids is 1. The fourth-order valence-corrected chi connectivity index (χ4v) is 1.51. The Hall–Kier alpha value is -0.440. The lowest BCUT2D eigenvalue weighted by molar-refractivity contribution is -0.207. The number of aliphatic hydroxyl groups is 3. The molecule has 0 aromatic carbocycles. The van der Waals surface area contributed by atoms with Crippen LogP contribution in [0.3, 0.4) is 0 Å². The number of carbonyl (C=O) groups is 1. The smallest absolute Gasteiger partial charge is 0.332 e. The molecular weight excluding hydrogens is 242 g/mol. The monoisotopic (exact) mass is 257 g/mol. The Labute approximate surface area is 98.2 Å². The van der Waals surface area contributed by atoms with E-state index in [1.165, 1.54) is 0 Å². The summed E-state index contributed by atoms with van der Waals surface area (Å²) >= 11 is 0. The highest BCUT2D eigenvalue weighted by Gasteiger charge is 2.42. The standard InChI is InChI=1S/C8H15NO6.ClH/c9-2-4(11)7-6(12)3(10)1-5(15-7)8(13)14;/h3-7,10-12H,1-2,9H2,(H,13,14);1H/t3-,4-,5+,6-,7-;/m1./s1. The molecule has 1 saturated heterocycles. The van der Waals surface area contributed by atoms with Crippen LogP contribution in [-0.2, 0) is 9.53 Å². The molecule has 8 heteroatoms. The van der Waals surface area contributed by atoms with Gasteiger partial charge >= 0.3 is 5.97 Å². The van der Waals surface area contributed by atoms with Gasteiger partial charge in [0.2, 0.25) is 0 Å². The number of ether oxygens (including phenoxy) is 1. The fourth-order valence-electron chi connectivity index (χ4n) is 1.51. The third-order valence-corrected chi connectivity index (χ3v) is 2.40. The summed E-state index contributed by atoms with van der Waals surface area (Å²) in [7, 11) is 0. The summed E-state index contributed by atoms with van der Waals surface area (Å²) in [5, 5.41) is 36.9. The second-order valence-electron chi connectivity index (χ2n) is 3.52. The first-order valence-electron chi connectivity index (χ1n) is 4.60. The van der Waals surface area contributed by atoms with Crippen molar-refractivity contribution in [1.82, 2.24) is 0 Å². The van der Waals surface area contributed by atoms with Gasteiger partial charge in [0, 0.05) is 13.0 Å². The van der Waals surface area contributed by atoms with E-state index in [1.54, 1.807) is 0 Å². The zero-order valence-corrected chi connectivity index (χ0v) is 9.21. The van der Waals surface area contributed by atoms with Crippen LogP contribution in [0.25, 0.3) is 0 Å². The normalized spacial score (nSPS) is 36.2. The van der Waals surface area contributed by atoms with Crippen molar-refractivity contribution in [2.45, 2.75) is 36.9 Å². The average Bonchev–Trinajstić information content (AvgIpc) is 2.20. The van der Waals surface area contributed by atoms with Crippen LogP contribution in [-0.4, -0.2) is 63.5 Å². The van der Waals surface area contributed by atoms with Crippen molar-refractivity contribution in [3.63, 3.8) is 0 Å². The molecule has 1 aliphatic heterocycles. The molecule has 0 aliphatic carbocycles. The molecule has 0 radical (unpaired) electrons. The lowest BCUT2D eigenvalue weighted by Gasteiger charge is -2.37. The minimum absolute atomic E-state index is 0. The van der Waals surface area contributed by atoms with Crippen molar-refractivity contribution in [2.75, 3.05) is 6.54 Å². The SMILES string of the molecule is Cl.NC[C@@H](O)[C@H]1O[C@H](C(=O)O)C[C@@H](O)[C@H]1O. The number of hydrogen-bond acceptors (Lipinski definition) is 6. The zero-order chi connectivity index (χ0) is 11.6. The molecule has 6 N–H and O–H groups in total. The second-order valence-corrected chi connectivity index (χ2v) is 3.52. The van der Waals surface area contributed by atoms with Crippen LogP contribution in [0.5, 0.6) is 0 Å². The Morgan fingerprint density at radius 3 is 2.50 bits per heavy atom. The van der Waals surface area contributed by atoms with Gasteiger partial charge in [-0.05, 0) is 0 Å². The van der Waals surface area contributed by atoms with E-state index in [2.05, 4.69) is 0 Å². The van der Waals surface area contributed by atoms with E-state index in [-0.39, 0.29) is 25.4 Å². The Morgan fingerprint density at radius 1 is 1.50 bits per heavy atom. The highest BCUT2D eigenvalue weighted by atomic mass is 35.5. The Kier molecular flexibility index (Phi) is 6.16. The van der Waals surface area contributed by atoms with Crippen molar-refractivity contribution < 1.29 is 30.0 Å². The predicted octanol–water partition coefficient (Wildman–Crippen LogP) is -2.31. The minimum atomic E-state index is -1.32. The van der Waals surface area contributed by atoms with E-state index >= 15 is 0 Å². The van der Waals surface area contributed by atoms with E-state index in [0.717, 1.165) is 0 Å². The van der Waals surface area contributed by atoms with Crippen molar-refractivity contribution in [3.8, 4) is 0 Å². The molecule has 0 amide bonds. The summed E-state index contributed by atoms with van der Waals surface area (Å²) in [5.74, 6) is -1.24. The van der Waals surface area contributed by atoms with Crippen LogP contribution in [0, 0.1) is 0 Å². The van der Waals surface area contributed by atoms with Crippen molar-refractivity contribution in [3.05, 3.63) is 0 Å². The van der Waals surface area contributed by atoms with Gasteiger partial charge < -0.3 is 30.9 Å². The van der Waals surface area contributed by atoms with Gasteiger partial charge in [0.25, 0.3) is 0 Å². The molecule has 0 unspecified atom stereocenters. The van der Waals surface area contributed by atoms with Crippen LogP contribution in [0.1, 0.15) is 6.42 Å². The first-order chi connectivity index (χ1) is 6.97. The molecule has 1 rings (SSSR count). The highest BCUT2D eigenvalue weighted by Crippen LogP contribution is 2.22. The van der Waals surface area contributed by atoms with Crippen molar-refractivity contribution in [1.29, 1.82) is 0 Å². The fraction of sp³-hybridized carbons (Fsp3) is 0.875. The molecule has 1 heterocycles. The van der Waals surface area contributed by atoms with Gasteiger partial charge in [-0.1, -0.05) is 0 Å². The maximum Gasteiger partial charge on any atom is 0.332 e. The van der Waals surface area contributed by atoms with Crippen molar-refractivity contribution in [2.24, 2.45) is 5.73 Å². The van der Waals surface area contributed by atoms with Crippen LogP contribution >= 0.6 is 12.4 Å². The van der Waals surface area contributed by atoms with Crippen LogP contribution in [0.4, 0.5) is 0 Å². The van der Waals surface area contributed by atoms with E-state index in [9.17, 15) is 20.1 Å². The Bertz CT molecular complexity index is 241. The maximum absolute atomic E-state index is 10.6. The van der Waals surface area contributed by atoms with Gasteiger partial charge in [-0.3, -0.25) is 0 Å². The van der Waals surface area contributed by atoms with E-state index in [0.29, 0.717) is 0 Å². The molecule has 0 aromatic rings. The molecule has 5 atom stereocenters. The van der Waals surface area contributed by atoms with Gasteiger partial charge in [-0.25, -0.2) is 4.79 Å². The van der Waals surface area contributed by atoms with Gasteiger partial charge in [-0.15, -0.1) is 12.4 Å². The zero-order valence-electron chi connectivity index (χ0n) is 8.39. The predicted molar refractivity (Wildman–Crippen MR) is 55.2 cm³/mol. The number of carboxylic acid groups (broad SMARTS) is 1. The number of aliphatic hydroxyl groups excluding tert-OH is 3. The molecule has 0 saturated carbocycles. The summed E-state index contributed by atoms with van der Waals surface area (Å²) in [5.41, 5.74) is 5.16. The van der Waals surface area contributed by atoms with Crippen molar-refractivity contribution >= 4 is 18.4 Å². The molecule has 7 nitrogen and oxygen atoms in total. The molecule has 1 fully saturated rings. The number of nitrogens with two attached hydrogens (primary N) is 1.